The molecular weight excluding hydrogens is 622 g/mol. The highest BCUT2D eigenvalue weighted by Crippen LogP contribution is 2.27. The van der Waals surface area contributed by atoms with Gasteiger partial charge in [-0.25, -0.2) is 21.6 Å². The maximum absolute atomic E-state index is 13.4. The lowest BCUT2D eigenvalue weighted by Crippen LogP contribution is -2.39. The molecule has 1 fully saturated rings. The Labute approximate surface area is 263 Å². The van der Waals surface area contributed by atoms with Crippen LogP contribution in [0.5, 0.6) is 5.75 Å². The van der Waals surface area contributed by atoms with Crippen LogP contribution in [0.15, 0.2) is 76.5 Å². The van der Waals surface area contributed by atoms with Gasteiger partial charge in [0.05, 0.1) is 16.4 Å². The van der Waals surface area contributed by atoms with Crippen LogP contribution in [0.2, 0.25) is 5.02 Å². The highest BCUT2D eigenvalue weighted by Gasteiger charge is 2.29. The number of halogens is 1. The van der Waals surface area contributed by atoms with Gasteiger partial charge in [-0.05, 0) is 98.7 Å². The largest absolute Gasteiger partial charge is 0.494 e. The molecule has 1 saturated heterocycles. The van der Waals surface area contributed by atoms with E-state index in [0.717, 1.165) is 34.9 Å². The summed E-state index contributed by atoms with van der Waals surface area (Å²) in [6.45, 7) is 7.48. The van der Waals surface area contributed by atoms with E-state index in [9.17, 15) is 21.6 Å². The summed E-state index contributed by atoms with van der Waals surface area (Å²) < 4.78 is 63.9. The number of carbonyl (C=O) groups is 1. The zero-order valence-electron chi connectivity index (χ0n) is 24.9. The highest BCUT2D eigenvalue weighted by atomic mass is 35.5. The summed E-state index contributed by atoms with van der Waals surface area (Å²) in [7, 11) is -8.03. The molecule has 3 aromatic carbocycles. The summed E-state index contributed by atoms with van der Waals surface area (Å²) in [5, 5.41) is 1.50. The summed E-state index contributed by atoms with van der Waals surface area (Å²) in [6.07, 6.45) is 2.31. The Morgan fingerprint density at radius 2 is 1.64 bits per heavy atom. The van der Waals surface area contributed by atoms with E-state index in [1.807, 2.05) is 57.2 Å². The van der Waals surface area contributed by atoms with Crippen LogP contribution in [0, 0.1) is 19.8 Å². The van der Waals surface area contributed by atoms with Crippen molar-refractivity contribution in [3.05, 3.63) is 88.6 Å². The van der Waals surface area contributed by atoms with Gasteiger partial charge in [0.1, 0.15) is 11.4 Å². The molecule has 5 rings (SSSR count). The van der Waals surface area contributed by atoms with E-state index in [0.29, 0.717) is 43.4 Å². The van der Waals surface area contributed by atoms with Gasteiger partial charge in [-0.1, -0.05) is 36.7 Å². The van der Waals surface area contributed by atoms with E-state index in [1.54, 1.807) is 10.6 Å². The zero-order valence-corrected chi connectivity index (χ0v) is 27.3. The third kappa shape index (κ3) is 6.81. The van der Waals surface area contributed by atoms with E-state index in [1.165, 1.54) is 28.6 Å². The Hall–Kier alpha value is -3.38. The second-order valence-electron chi connectivity index (χ2n) is 11.3. The quantitative estimate of drug-likeness (QED) is 0.212. The first kappa shape index (κ1) is 32.0. The van der Waals surface area contributed by atoms with Gasteiger partial charge in [0, 0.05) is 35.6 Å². The molecule has 1 atom stereocenters. The van der Waals surface area contributed by atoms with E-state index in [4.69, 9.17) is 16.3 Å². The van der Waals surface area contributed by atoms with Crippen molar-refractivity contribution in [1.82, 2.24) is 13.6 Å². The van der Waals surface area contributed by atoms with Gasteiger partial charge in [0.15, 0.2) is 0 Å². The van der Waals surface area contributed by atoms with Crippen molar-refractivity contribution in [3.63, 3.8) is 0 Å². The molecule has 4 aromatic rings. The number of hydrogen-bond acceptors (Lipinski definition) is 6. The van der Waals surface area contributed by atoms with Crippen molar-refractivity contribution < 1.29 is 26.4 Å². The van der Waals surface area contributed by atoms with Crippen LogP contribution in [-0.4, -0.2) is 51.3 Å². The van der Waals surface area contributed by atoms with Crippen LogP contribution in [-0.2, 0) is 26.6 Å². The number of para-hydroxylation sites is 1. The van der Waals surface area contributed by atoms with Gasteiger partial charge in [0.25, 0.3) is 15.9 Å². The Kier molecular flexibility index (Phi) is 9.41. The number of aromatic nitrogens is 1. The number of piperidine rings is 1. The number of sulfonamides is 2. The molecule has 1 aliphatic heterocycles. The van der Waals surface area contributed by atoms with Crippen LogP contribution in [0.1, 0.15) is 47.8 Å². The molecule has 234 valence electrons. The van der Waals surface area contributed by atoms with Gasteiger partial charge >= 0.3 is 0 Å². The second-order valence-corrected chi connectivity index (χ2v) is 15.3. The number of ether oxygens (including phenoxy) is 1. The maximum Gasteiger partial charge on any atom is 0.281 e. The number of amides is 1. The molecule has 1 amide bonds. The van der Waals surface area contributed by atoms with Crippen molar-refractivity contribution in [2.24, 2.45) is 5.92 Å². The Morgan fingerprint density at radius 3 is 2.32 bits per heavy atom. The molecule has 0 saturated carbocycles. The molecule has 2 heterocycles. The number of hydrogen-bond donors (Lipinski definition) is 1. The lowest BCUT2D eigenvalue weighted by atomic mass is 10.0. The van der Waals surface area contributed by atoms with Crippen LogP contribution in [0.25, 0.3) is 10.9 Å². The summed E-state index contributed by atoms with van der Waals surface area (Å²) in [5.41, 5.74) is 2.82. The average Bonchev–Trinajstić information content (AvgIpc) is 3.36. The van der Waals surface area contributed by atoms with Crippen LogP contribution in [0.4, 0.5) is 0 Å². The smallest absolute Gasteiger partial charge is 0.281 e. The van der Waals surface area contributed by atoms with E-state index >= 15 is 0 Å². The first-order chi connectivity index (χ1) is 20.9. The molecule has 44 heavy (non-hydrogen) atoms. The number of benzene rings is 3. The van der Waals surface area contributed by atoms with Crippen LogP contribution < -0.4 is 9.46 Å². The first-order valence-electron chi connectivity index (χ1n) is 14.5. The summed E-state index contributed by atoms with van der Waals surface area (Å²) in [4.78, 5) is 13.2. The summed E-state index contributed by atoms with van der Waals surface area (Å²) in [5.74, 6) is 0.175. The van der Waals surface area contributed by atoms with E-state index in [2.05, 4.69) is 4.72 Å². The third-order valence-corrected chi connectivity index (χ3v) is 11.7. The van der Waals surface area contributed by atoms with Crippen molar-refractivity contribution in [2.45, 2.75) is 56.4 Å². The topological polar surface area (TPSA) is 115 Å². The van der Waals surface area contributed by atoms with Crippen LogP contribution in [0.3, 0.4) is 0 Å². The zero-order chi connectivity index (χ0) is 31.6. The maximum atomic E-state index is 13.4. The van der Waals surface area contributed by atoms with Gasteiger partial charge < -0.3 is 9.30 Å². The van der Waals surface area contributed by atoms with Gasteiger partial charge in [-0.2, -0.15) is 4.31 Å². The molecular formula is C32H36ClN3O6S2. The number of fused-ring (bicyclic) bond motifs is 1. The van der Waals surface area contributed by atoms with Gasteiger partial charge in [0.2, 0.25) is 10.0 Å². The van der Waals surface area contributed by atoms with E-state index < -0.39 is 26.0 Å². The molecule has 0 spiro atoms. The minimum atomic E-state index is -4.29. The fraction of sp³-hybridized carbons (Fsp3) is 0.344. The van der Waals surface area contributed by atoms with Gasteiger partial charge in [-0.3, -0.25) is 4.79 Å². The Morgan fingerprint density at radius 1 is 0.977 bits per heavy atom. The first-order valence-corrected chi connectivity index (χ1v) is 17.8. The predicted molar refractivity (Wildman–Crippen MR) is 171 cm³/mol. The fourth-order valence-electron chi connectivity index (χ4n) is 5.58. The highest BCUT2D eigenvalue weighted by molar-refractivity contribution is 7.90. The van der Waals surface area contributed by atoms with Crippen molar-refractivity contribution in [1.29, 1.82) is 0 Å². The average molecular weight is 658 g/mol. The number of nitrogens with zero attached hydrogens (tertiary/aromatic N) is 2. The summed E-state index contributed by atoms with van der Waals surface area (Å²) in [6, 6.07) is 17.8. The molecule has 9 nitrogen and oxygen atoms in total. The van der Waals surface area contributed by atoms with Crippen molar-refractivity contribution >= 4 is 48.5 Å². The van der Waals surface area contributed by atoms with Crippen LogP contribution >= 0.6 is 11.6 Å². The molecule has 1 N–H and O–H groups in total. The normalized spacial score (nSPS) is 16.2. The standard InChI is InChI=1S/C32H36ClN3O6S2/c1-22-8-6-15-35(21-22)44(40,41)28-13-11-27(12-14-28)43(38,39)34-32(37)30-20-25-9-4-5-10-29(25)36(30)16-7-17-42-26-18-23(2)31(33)24(3)19-26/h4-5,9-14,18-20,22H,6-8,15-17,21H2,1-3H3,(H,34,37). The monoisotopic (exact) mass is 657 g/mol. The Bertz CT molecular complexity index is 1880. The van der Waals surface area contributed by atoms with Crippen molar-refractivity contribution in [2.75, 3.05) is 19.7 Å². The molecule has 0 aliphatic carbocycles. The number of carbonyl (C=O) groups excluding carboxylic acids is 1. The predicted octanol–water partition coefficient (Wildman–Crippen LogP) is 5.92. The van der Waals surface area contributed by atoms with Crippen molar-refractivity contribution in [3.8, 4) is 5.75 Å². The lowest BCUT2D eigenvalue weighted by Gasteiger charge is -2.30. The molecule has 1 aromatic heterocycles. The molecule has 1 unspecified atom stereocenters. The Balaban J connectivity index is 1.30. The van der Waals surface area contributed by atoms with E-state index in [-0.39, 0.29) is 21.4 Å². The molecule has 1 aliphatic rings. The number of nitrogens with one attached hydrogen (secondary N) is 1. The minimum absolute atomic E-state index is 0.0168. The molecule has 0 bridgehead atoms. The summed E-state index contributed by atoms with van der Waals surface area (Å²) >= 11 is 6.26. The molecule has 12 heteroatoms. The fourth-order valence-corrected chi connectivity index (χ4v) is 8.25. The number of rotatable bonds is 10. The second kappa shape index (κ2) is 12.9. The number of aryl methyl sites for hydroxylation is 3. The minimum Gasteiger partial charge on any atom is -0.494 e. The molecule has 0 radical (unpaired) electrons. The SMILES string of the molecule is Cc1cc(OCCCn2c(C(=O)NS(=O)(=O)c3ccc(S(=O)(=O)N4CCCC(C)C4)cc3)cc3ccccc32)cc(C)c1Cl. The lowest BCUT2D eigenvalue weighted by molar-refractivity contribution is 0.0972. The third-order valence-electron chi connectivity index (χ3n) is 7.87. The van der Waals surface area contributed by atoms with Gasteiger partial charge in [-0.15, -0.1) is 0 Å².